The molecule has 0 bridgehead atoms. The lowest BCUT2D eigenvalue weighted by atomic mass is 9.78. The van der Waals surface area contributed by atoms with Crippen LogP contribution in [-0.2, 0) is 4.79 Å². The summed E-state index contributed by atoms with van der Waals surface area (Å²) in [6.07, 6.45) is 20.1. The standard InChI is InChI=1S/C30H44N2O3/c1-3-5-6-7-8-9-21-34-28-22-31-30(32-23-28)26-16-18-27(19-17-26)35-29(33)20-15-25-13-11-24(10-4-2)12-14-25/h16-19,22-25H,3-15,20-21H2,1-2H3. The van der Waals surface area contributed by atoms with Crippen molar-refractivity contribution in [1.82, 2.24) is 9.97 Å². The van der Waals surface area contributed by atoms with Crippen molar-refractivity contribution in [3.05, 3.63) is 36.7 Å². The van der Waals surface area contributed by atoms with Gasteiger partial charge in [-0.3, -0.25) is 4.79 Å². The van der Waals surface area contributed by atoms with E-state index in [1.165, 1.54) is 70.6 Å². The molecule has 5 heteroatoms. The van der Waals surface area contributed by atoms with Crippen LogP contribution in [0.5, 0.6) is 11.5 Å². The lowest BCUT2D eigenvalue weighted by molar-refractivity contribution is -0.134. The molecule has 5 nitrogen and oxygen atoms in total. The Kier molecular flexibility index (Phi) is 12.1. The lowest BCUT2D eigenvalue weighted by Crippen LogP contribution is -2.16. The third kappa shape index (κ3) is 9.99. The van der Waals surface area contributed by atoms with Gasteiger partial charge in [0.15, 0.2) is 11.6 Å². The molecule has 1 aliphatic rings. The zero-order valence-corrected chi connectivity index (χ0v) is 21.8. The minimum Gasteiger partial charge on any atom is -0.490 e. The molecule has 1 aromatic carbocycles. The van der Waals surface area contributed by atoms with Crippen molar-refractivity contribution >= 4 is 5.97 Å². The molecule has 1 fully saturated rings. The third-order valence-corrected chi connectivity index (χ3v) is 7.16. The number of aromatic nitrogens is 2. The maximum Gasteiger partial charge on any atom is 0.311 e. The van der Waals surface area contributed by atoms with E-state index in [-0.39, 0.29) is 5.97 Å². The van der Waals surface area contributed by atoms with Gasteiger partial charge in [0, 0.05) is 12.0 Å². The van der Waals surface area contributed by atoms with Gasteiger partial charge in [-0.2, -0.15) is 0 Å². The van der Waals surface area contributed by atoms with E-state index in [4.69, 9.17) is 9.47 Å². The molecule has 0 unspecified atom stereocenters. The van der Waals surface area contributed by atoms with Crippen LogP contribution in [0.4, 0.5) is 0 Å². The van der Waals surface area contributed by atoms with Gasteiger partial charge in [0.1, 0.15) is 5.75 Å². The van der Waals surface area contributed by atoms with E-state index < -0.39 is 0 Å². The first-order chi connectivity index (χ1) is 17.2. The van der Waals surface area contributed by atoms with Crippen LogP contribution in [0.2, 0.25) is 0 Å². The smallest absolute Gasteiger partial charge is 0.311 e. The van der Waals surface area contributed by atoms with E-state index in [2.05, 4.69) is 23.8 Å². The fourth-order valence-corrected chi connectivity index (χ4v) is 5.01. The fraction of sp³-hybridized carbons (Fsp3) is 0.633. The number of hydrogen-bond donors (Lipinski definition) is 0. The normalized spacial score (nSPS) is 17.8. The van der Waals surface area contributed by atoms with Crippen molar-refractivity contribution in [3.8, 4) is 22.9 Å². The Labute approximate surface area is 212 Å². The Morgan fingerprint density at radius 2 is 1.43 bits per heavy atom. The number of carbonyl (C=O) groups is 1. The molecule has 1 aromatic heterocycles. The van der Waals surface area contributed by atoms with Crippen molar-refractivity contribution in [2.24, 2.45) is 11.8 Å². The van der Waals surface area contributed by atoms with Gasteiger partial charge < -0.3 is 9.47 Å². The SMILES string of the molecule is CCCCCCCCOc1cnc(-c2ccc(OC(=O)CCC3CCC(CCC)CC3)cc2)nc1. The van der Waals surface area contributed by atoms with Gasteiger partial charge in [-0.05, 0) is 48.9 Å². The molecule has 0 radical (unpaired) electrons. The summed E-state index contributed by atoms with van der Waals surface area (Å²) in [7, 11) is 0. The topological polar surface area (TPSA) is 61.3 Å². The molecule has 0 amide bonds. The van der Waals surface area contributed by atoms with Gasteiger partial charge in [0.05, 0.1) is 19.0 Å². The predicted octanol–water partition coefficient (Wildman–Crippen LogP) is 8.18. The third-order valence-electron chi connectivity index (χ3n) is 7.16. The molecule has 1 aliphatic carbocycles. The molecule has 0 atom stereocenters. The number of carbonyl (C=O) groups excluding carboxylic acids is 1. The molecular formula is C30H44N2O3. The van der Waals surface area contributed by atoms with Gasteiger partial charge in [-0.25, -0.2) is 9.97 Å². The second-order valence-electron chi connectivity index (χ2n) is 10.1. The predicted molar refractivity (Wildman–Crippen MR) is 142 cm³/mol. The van der Waals surface area contributed by atoms with Crippen LogP contribution in [0.3, 0.4) is 0 Å². The summed E-state index contributed by atoms with van der Waals surface area (Å²) in [6, 6.07) is 7.42. The second-order valence-corrected chi connectivity index (χ2v) is 10.1. The number of benzene rings is 1. The van der Waals surface area contributed by atoms with E-state index in [1.807, 2.05) is 24.3 Å². The molecule has 192 valence electrons. The highest BCUT2D eigenvalue weighted by Gasteiger charge is 2.21. The molecule has 0 spiro atoms. The number of rotatable bonds is 15. The van der Waals surface area contributed by atoms with Crippen molar-refractivity contribution in [1.29, 1.82) is 0 Å². The number of nitrogens with zero attached hydrogens (tertiary/aromatic N) is 2. The molecule has 0 aliphatic heterocycles. The fourth-order valence-electron chi connectivity index (χ4n) is 5.01. The summed E-state index contributed by atoms with van der Waals surface area (Å²) >= 11 is 0. The number of unbranched alkanes of at least 4 members (excludes halogenated alkanes) is 5. The zero-order chi connectivity index (χ0) is 24.7. The minimum atomic E-state index is -0.142. The summed E-state index contributed by atoms with van der Waals surface area (Å²) in [5, 5.41) is 0. The lowest BCUT2D eigenvalue weighted by Gasteiger charge is -2.28. The Hall–Kier alpha value is -2.43. The quantitative estimate of drug-likeness (QED) is 0.146. The molecule has 0 N–H and O–H groups in total. The van der Waals surface area contributed by atoms with Gasteiger partial charge in [0.2, 0.25) is 0 Å². The summed E-state index contributed by atoms with van der Waals surface area (Å²) in [6.45, 7) is 5.21. The van der Waals surface area contributed by atoms with Crippen LogP contribution >= 0.6 is 0 Å². The summed E-state index contributed by atoms with van der Waals surface area (Å²) in [5.74, 6) is 3.34. The van der Waals surface area contributed by atoms with Crippen LogP contribution in [0, 0.1) is 11.8 Å². The first kappa shape index (κ1) is 27.2. The molecule has 35 heavy (non-hydrogen) atoms. The first-order valence-corrected chi connectivity index (χ1v) is 13.9. The van der Waals surface area contributed by atoms with E-state index in [0.29, 0.717) is 36.3 Å². The summed E-state index contributed by atoms with van der Waals surface area (Å²) in [5.41, 5.74) is 0.885. The molecule has 1 heterocycles. The van der Waals surface area contributed by atoms with Crippen LogP contribution in [-0.4, -0.2) is 22.5 Å². The van der Waals surface area contributed by atoms with Crippen LogP contribution in [0.15, 0.2) is 36.7 Å². The Balaban J connectivity index is 1.35. The summed E-state index contributed by atoms with van der Waals surface area (Å²) in [4.78, 5) is 21.2. The summed E-state index contributed by atoms with van der Waals surface area (Å²) < 4.78 is 11.3. The van der Waals surface area contributed by atoms with Crippen molar-refractivity contribution in [2.75, 3.05) is 6.61 Å². The highest BCUT2D eigenvalue weighted by Crippen LogP contribution is 2.34. The number of hydrogen-bond acceptors (Lipinski definition) is 5. The van der Waals surface area contributed by atoms with E-state index in [0.717, 1.165) is 24.3 Å². The average Bonchev–Trinajstić information content (AvgIpc) is 2.89. The number of esters is 1. The van der Waals surface area contributed by atoms with Crippen molar-refractivity contribution < 1.29 is 14.3 Å². The molecule has 2 aromatic rings. The van der Waals surface area contributed by atoms with Crippen molar-refractivity contribution in [2.45, 2.75) is 104 Å². The minimum absolute atomic E-state index is 0.142. The van der Waals surface area contributed by atoms with E-state index >= 15 is 0 Å². The molecular weight excluding hydrogens is 436 g/mol. The Morgan fingerprint density at radius 1 is 0.800 bits per heavy atom. The zero-order valence-electron chi connectivity index (χ0n) is 21.8. The van der Waals surface area contributed by atoms with Gasteiger partial charge >= 0.3 is 5.97 Å². The molecule has 0 saturated heterocycles. The monoisotopic (exact) mass is 480 g/mol. The van der Waals surface area contributed by atoms with Gasteiger partial charge in [-0.15, -0.1) is 0 Å². The number of ether oxygens (including phenoxy) is 2. The average molecular weight is 481 g/mol. The van der Waals surface area contributed by atoms with Crippen LogP contribution < -0.4 is 9.47 Å². The van der Waals surface area contributed by atoms with Gasteiger partial charge in [-0.1, -0.05) is 84.5 Å². The van der Waals surface area contributed by atoms with E-state index in [9.17, 15) is 4.79 Å². The van der Waals surface area contributed by atoms with Crippen molar-refractivity contribution in [3.63, 3.8) is 0 Å². The maximum absolute atomic E-state index is 12.3. The highest BCUT2D eigenvalue weighted by molar-refractivity contribution is 5.72. The molecule has 1 saturated carbocycles. The second kappa shape index (κ2) is 15.5. The maximum atomic E-state index is 12.3. The van der Waals surface area contributed by atoms with Gasteiger partial charge in [0.25, 0.3) is 0 Å². The molecule has 3 rings (SSSR count). The largest absolute Gasteiger partial charge is 0.490 e. The first-order valence-electron chi connectivity index (χ1n) is 13.9. The van der Waals surface area contributed by atoms with Crippen LogP contribution in [0.1, 0.15) is 104 Å². The van der Waals surface area contributed by atoms with Crippen LogP contribution in [0.25, 0.3) is 11.4 Å². The highest BCUT2D eigenvalue weighted by atomic mass is 16.5. The Bertz CT molecular complexity index is 843. The Morgan fingerprint density at radius 3 is 2.09 bits per heavy atom. The van der Waals surface area contributed by atoms with E-state index in [1.54, 1.807) is 12.4 Å².